The first-order valence-corrected chi connectivity index (χ1v) is 10.8. The van der Waals surface area contributed by atoms with E-state index < -0.39 is 21.7 Å². The molecule has 26 heavy (non-hydrogen) atoms. The number of nitrogens with zero attached hydrogens (tertiary/aromatic N) is 1. The van der Waals surface area contributed by atoms with Gasteiger partial charge in [0.15, 0.2) is 5.78 Å². The number of anilines is 1. The number of halogens is 2. The predicted molar refractivity (Wildman–Crippen MR) is 98.4 cm³/mol. The van der Waals surface area contributed by atoms with E-state index in [1.54, 1.807) is 18.2 Å². The number of fused-ring (bicyclic) bond motifs is 1. The van der Waals surface area contributed by atoms with E-state index >= 15 is 0 Å². The molecule has 0 spiro atoms. The zero-order chi connectivity index (χ0) is 18.9. The normalized spacial score (nSPS) is 14.2. The Kier molecular flexibility index (Phi) is 5.34. The monoisotopic (exact) mass is 397 g/mol. The van der Waals surface area contributed by atoms with Crippen molar-refractivity contribution in [2.45, 2.75) is 17.7 Å². The van der Waals surface area contributed by atoms with E-state index in [4.69, 9.17) is 0 Å². The second-order valence-electron chi connectivity index (χ2n) is 6.07. The second kappa shape index (κ2) is 7.36. The fourth-order valence-corrected chi connectivity index (χ4v) is 4.71. The molecule has 0 aromatic heterocycles. The van der Waals surface area contributed by atoms with Gasteiger partial charge in [0, 0.05) is 23.1 Å². The summed E-state index contributed by atoms with van der Waals surface area (Å²) in [7, 11) is -3.35. The van der Waals surface area contributed by atoms with E-state index in [-0.39, 0.29) is 16.4 Å². The first kappa shape index (κ1) is 18.8. The highest BCUT2D eigenvalue weighted by Gasteiger charge is 2.24. The lowest BCUT2D eigenvalue weighted by atomic mass is 9.99. The number of thioether (sulfide) groups is 1. The minimum absolute atomic E-state index is 0.0110. The number of Topliss-reactive ketones (excluding diaryl/α,β-unsaturated/α-hetero) is 1. The molecule has 0 aliphatic carbocycles. The largest absolute Gasteiger partial charge is 0.293 e. The van der Waals surface area contributed by atoms with Crippen LogP contribution in [0, 0.1) is 11.6 Å². The fraction of sp³-hybridized carbons (Fsp3) is 0.278. The van der Waals surface area contributed by atoms with Crippen LogP contribution < -0.4 is 4.31 Å². The van der Waals surface area contributed by atoms with Gasteiger partial charge in [-0.05, 0) is 48.7 Å². The Morgan fingerprint density at radius 3 is 2.65 bits per heavy atom. The molecule has 0 saturated heterocycles. The van der Waals surface area contributed by atoms with E-state index in [9.17, 15) is 22.0 Å². The minimum Gasteiger partial charge on any atom is -0.293 e. The van der Waals surface area contributed by atoms with Crippen LogP contribution in [-0.2, 0) is 16.4 Å². The maximum absolute atomic E-state index is 13.6. The topological polar surface area (TPSA) is 54.5 Å². The van der Waals surface area contributed by atoms with Crippen molar-refractivity contribution in [3.05, 3.63) is 59.2 Å². The lowest BCUT2D eigenvalue weighted by molar-refractivity contribution is 0.102. The third-order valence-corrected chi connectivity index (χ3v) is 6.36. The molecule has 1 heterocycles. The van der Waals surface area contributed by atoms with Crippen molar-refractivity contribution in [1.82, 2.24) is 0 Å². The van der Waals surface area contributed by atoms with Gasteiger partial charge in [-0.1, -0.05) is 0 Å². The minimum atomic E-state index is -3.35. The number of sulfonamides is 1. The number of aryl methyl sites for hydroxylation is 1. The molecule has 3 rings (SSSR count). The maximum atomic E-state index is 13.6. The van der Waals surface area contributed by atoms with Gasteiger partial charge in [-0.2, -0.15) is 0 Å². The van der Waals surface area contributed by atoms with Crippen molar-refractivity contribution in [3.8, 4) is 0 Å². The molecule has 0 N–H and O–H groups in total. The van der Waals surface area contributed by atoms with Crippen LogP contribution in [0.2, 0.25) is 0 Å². The van der Waals surface area contributed by atoms with Gasteiger partial charge >= 0.3 is 0 Å². The van der Waals surface area contributed by atoms with Crippen LogP contribution in [0.5, 0.6) is 0 Å². The average molecular weight is 397 g/mol. The Morgan fingerprint density at radius 2 is 1.96 bits per heavy atom. The Bertz CT molecular complexity index is 961. The fourth-order valence-electron chi connectivity index (χ4n) is 2.90. The molecule has 0 radical (unpaired) electrons. The molecule has 0 fully saturated rings. The number of hydrogen-bond acceptors (Lipinski definition) is 4. The summed E-state index contributed by atoms with van der Waals surface area (Å²) in [5.74, 6) is -1.55. The number of carbonyl (C=O) groups is 1. The SMILES string of the molecule is CS(=O)(=O)N1CCCc2cc(C(=O)CSc3ccc(F)cc3F)ccc21. The highest BCUT2D eigenvalue weighted by molar-refractivity contribution is 8.00. The van der Waals surface area contributed by atoms with Crippen molar-refractivity contribution >= 4 is 33.3 Å². The number of benzene rings is 2. The van der Waals surface area contributed by atoms with E-state index in [0.717, 1.165) is 35.7 Å². The summed E-state index contributed by atoms with van der Waals surface area (Å²) in [5, 5.41) is 0. The highest BCUT2D eigenvalue weighted by atomic mass is 32.2. The Labute approximate surface area is 155 Å². The molecule has 0 amide bonds. The first-order chi connectivity index (χ1) is 12.3. The van der Waals surface area contributed by atoms with Gasteiger partial charge in [-0.25, -0.2) is 17.2 Å². The Balaban J connectivity index is 1.76. The molecule has 138 valence electrons. The molecular formula is C18H17F2NO3S2. The van der Waals surface area contributed by atoms with Crippen molar-refractivity contribution in [1.29, 1.82) is 0 Å². The number of rotatable bonds is 5. The van der Waals surface area contributed by atoms with Gasteiger partial charge < -0.3 is 0 Å². The van der Waals surface area contributed by atoms with E-state index in [1.807, 2.05) is 0 Å². The van der Waals surface area contributed by atoms with Gasteiger partial charge in [0.1, 0.15) is 11.6 Å². The maximum Gasteiger partial charge on any atom is 0.232 e. The summed E-state index contributed by atoms with van der Waals surface area (Å²) < 4.78 is 51.7. The van der Waals surface area contributed by atoms with Crippen LogP contribution in [0.4, 0.5) is 14.5 Å². The molecule has 0 bridgehead atoms. The molecule has 0 unspecified atom stereocenters. The Hall–Kier alpha value is -1.93. The number of ketones is 1. The third-order valence-electron chi connectivity index (χ3n) is 4.13. The quantitative estimate of drug-likeness (QED) is 0.571. The molecule has 1 aliphatic rings. The molecule has 0 saturated carbocycles. The smallest absolute Gasteiger partial charge is 0.232 e. The van der Waals surface area contributed by atoms with Gasteiger partial charge in [0.2, 0.25) is 10.0 Å². The zero-order valence-electron chi connectivity index (χ0n) is 14.0. The summed E-state index contributed by atoms with van der Waals surface area (Å²) >= 11 is 1.00. The predicted octanol–water partition coefficient (Wildman–Crippen LogP) is 3.65. The third kappa shape index (κ3) is 4.07. The molecule has 0 atom stereocenters. The molecule has 8 heteroatoms. The molecule has 4 nitrogen and oxygen atoms in total. The molecule has 2 aromatic rings. The highest BCUT2D eigenvalue weighted by Crippen LogP contribution is 2.30. The van der Waals surface area contributed by atoms with Crippen LogP contribution in [0.1, 0.15) is 22.3 Å². The van der Waals surface area contributed by atoms with Crippen LogP contribution in [0.3, 0.4) is 0 Å². The summed E-state index contributed by atoms with van der Waals surface area (Å²) in [6.45, 7) is 0.429. The average Bonchev–Trinajstić information content (AvgIpc) is 2.59. The van der Waals surface area contributed by atoms with Crippen LogP contribution >= 0.6 is 11.8 Å². The number of carbonyl (C=O) groups excluding carboxylic acids is 1. The Morgan fingerprint density at radius 1 is 1.19 bits per heavy atom. The van der Waals surface area contributed by atoms with E-state index in [2.05, 4.69) is 0 Å². The van der Waals surface area contributed by atoms with Crippen LogP contribution in [0.15, 0.2) is 41.3 Å². The second-order valence-corrected chi connectivity index (χ2v) is 8.99. The molecule has 2 aromatic carbocycles. The van der Waals surface area contributed by atoms with Gasteiger partial charge in [0.25, 0.3) is 0 Å². The van der Waals surface area contributed by atoms with Crippen LogP contribution in [0.25, 0.3) is 0 Å². The van der Waals surface area contributed by atoms with E-state index in [0.29, 0.717) is 30.6 Å². The van der Waals surface area contributed by atoms with E-state index in [1.165, 1.54) is 10.4 Å². The summed E-state index contributed by atoms with van der Waals surface area (Å²) in [6, 6.07) is 8.17. The van der Waals surface area contributed by atoms with Crippen molar-refractivity contribution in [3.63, 3.8) is 0 Å². The van der Waals surface area contributed by atoms with Crippen LogP contribution in [-0.4, -0.2) is 32.8 Å². The summed E-state index contributed by atoms with van der Waals surface area (Å²) in [6.07, 6.45) is 2.55. The molecular weight excluding hydrogens is 380 g/mol. The lowest BCUT2D eigenvalue weighted by Crippen LogP contribution is -2.34. The summed E-state index contributed by atoms with van der Waals surface area (Å²) in [5.41, 5.74) is 1.87. The van der Waals surface area contributed by atoms with Crippen molar-refractivity contribution in [2.24, 2.45) is 0 Å². The van der Waals surface area contributed by atoms with Crippen molar-refractivity contribution < 1.29 is 22.0 Å². The first-order valence-electron chi connectivity index (χ1n) is 7.97. The zero-order valence-corrected chi connectivity index (χ0v) is 15.7. The lowest BCUT2D eigenvalue weighted by Gasteiger charge is -2.29. The van der Waals surface area contributed by atoms with Gasteiger partial charge in [-0.15, -0.1) is 11.8 Å². The summed E-state index contributed by atoms with van der Waals surface area (Å²) in [4.78, 5) is 12.6. The number of hydrogen-bond donors (Lipinski definition) is 0. The molecule has 1 aliphatic heterocycles. The van der Waals surface area contributed by atoms with Crippen molar-refractivity contribution in [2.75, 3.05) is 22.9 Å². The van der Waals surface area contributed by atoms with Gasteiger partial charge in [-0.3, -0.25) is 9.10 Å². The standard InChI is InChI=1S/C18H17F2NO3S2/c1-26(23,24)21-8-2-3-12-9-13(4-6-16(12)21)17(22)11-25-18-7-5-14(19)10-15(18)20/h4-7,9-10H,2-3,8,11H2,1H3. The van der Waals surface area contributed by atoms with Gasteiger partial charge in [0.05, 0.1) is 17.7 Å².